The lowest BCUT2D eigenvalue weighted by atomic mass is 10.2. The highest BCUT2D eigenvalue weighted by molar-refractivity contribution is 9.09. The zero-order valence-electron chi connectivity index (χ0n) is 4.95. The monoisotopic (exact) mass is 180 g/mol. The van der Waals surface area contributed by atoms with Crippen molar-refractivity contribution in [2.75, 3.05) is 5.33 Å². The van der Waals surface area contributed by atoms with E-state index in [2.05, 4.69) is 22.5 Å². The Morgan fingerprint density at radius 3 is 2.50 bits per heavy atom. The van der Waals surface area contributed by atoms with E-state index in [4.69, 9.17) is 0 Å². The minimum atomic E-state index is -0.757. The lowest BCUT2D eigenvalue weighted by Gasteiger charge is -2.00. The van der Waals surface area contributed by atoms with Gasteiger partial charge in [0.05, 0.1) is 0 Å². The molecule has 0 bridgehead atoms. The van der Waals surface area contributed by atoms with Crippen LogP contribution in [-0.2, 0) is 0 Å². The smallest absolute Gasteiger partial charge is 0.113 e. The van der Waals surface area contributed by atoms with Crippen LogP contribution in [0.15, 0.2) is 12.2 Å². The summed E-state index contributed by atoms with van der Waals surface area (Å²) in [4.78, 5) is 0. The molecule has 0 radical (unpaired) electrons. The van der Waals surface area contributed by atoms with Crippen LogP contribution in [0.4, 0.5) is 4.39 Å². The Morgan fingerprint density at radius 1 is 1.88 bits per heavy atom. The molecular weight excluding hydrogens is 171 g/mol. The van der Waals surface area contributed by atoms with Crippen LogP contribution >= 0.6 is 15.9 Å². The molecule has 0 heterocycles. The number of halogens is 2. The zero-order valence-corrected chi connectivity index (χ0v) is 6.54. The van der Waals surface area contributed by atoms with E-state index in [9.17, 15) is 4.39 Å². The summed E-state index contributed by atoms with van der Waals surface area (Å²) in [6.07, 6.45) is -0.280. The van der Waals surface area contributed by atoms with Gasteiger partial charge in [0.1, 0.15) is 6.17 Å². The molecule has 1 atom stereocenters. The van der Waals surface area contributed by atoms with Crippen molar-refractivity contribution in [2.24, 2.45) is 0 Å². The summed E-state index contributed by atoms with van der Waals surface area (Å²) in [6, 6.07) is 0. The molecule has 0 rings (SSSR count). The van der Waals surface area contributed by atoms with Gasteiger partial charge in [-0.2, -0.15) is 0 Å². The molecule has 8 heavy (non-hydrogen) atoms. The van der Waals surface area contributed by atoms with Gasteiger partial charge >= 0.3 is 0 Å². The molecule has 0 aliphatic carbocycles. The van der Waals surface area contributed by atoms with Gasteiger partial charge in [-0.3, -0.25) is 0 Å². The second-order valence-corrected chi connectivity index (χ2v) is 2.56. The fourth-order valence-electron chi connectivity index (χ4n) is 0.433. The molecule has 0 unspecified atom stereocenters. The molecule has 0 fully saturated rings. The quantitative estimate of drug-likeness (QED) is 0.463. The van der Waals surface area contributed by atoms with E-state index in [1.807, 2.05) is 6.92 Å². The fraction of sp³-hybridized carbons (Fsp3) is 0.667. The number of rotatable bonds is 3. The van der Waals surface area contributed by atoms with Crippen molar-refractivity contribution in [3.05, 3.63) is 12.2 Å². The van der Waals surface area contributed by atoms with Crippen molar-refractivity contribution in [1.82, 2.24) is 0 Å². The Morgan fingerprint density at radius 2 is 2.38 bits per heavy atom. The van der Waals surface area contributed by atoms with E-state index >= 15 is 0 Å². The molecule has 0 aromatic carbocycles. The predicted octanol–water partition coefficient (Wildman–Crippen LogP) is 2.69. The van der Waals surface area contributed by atoms with Crippen LogP contribution < -0.4 is 0 Å². The third kappa shape index (κ3) is 4.31. The van der Waals surface area contributed by atoms with Gasteiger partial charge in [0.25, 0.3) is 0 Å². The molecule has 0 spiro atoms. The van der Waals surface area contributed by atoms with Gasteiger partial charge in [-0.25, -0.2) is 4.39 Å². The van der Waals surface area contributed by atoms with Crippen LogP contribution in [0, 0.1) is 0 Å². The van der Waals surface area contributed by atoms with E-state index in [1.165, 1.54) is 0 Å². The third-order valence-electron chi connectivity index (χ3n) is 0.737. The van der Waals surface area contributed by atoms with Crippen LogP contribution in [0.2, 0.25) is 0 Å². The highest BCUT2D eigenvalue weighted by Gasteiger charge is 2.01. The van der Waals surface area contributed by atoms with Crippen molar-refractivity contribution in [3.8, 4) is 0 Å². The first kappa shape index (κ1) is 8.15. The predicted molar refractivity (Wildman–Crippen MR) is 38.1 cm³/mol. The highest BCUT2D eigenvalue weighted by atomic mass is 79.9. The highest BCUT2D eigenvalue weighted by Crippen LogP contribution is 2.07. The maximum absolute atomic E-state index is 12.3. The van der Waals surface area contributed by atoms with E-state index in [0.717, 1.165) is 5.57 Å². The van der Waals surface area contributed by atoms with Gasteiger partial charge in [0.2, 0.25) is 0 Å². The summed E-state index contributed by atoms with van der Waals surface area (Å²) in [5, 5.41) is 0.417. The third-order valence-corrected chi connectivity index (χ3v) is 1.44. The number of allylic oxidation sites excluding steroid dienone is 1. The molecule has 0 aromatic heterocycles. The van der Waals surface area contributed by atoms with Gasteiger partial charge in [-0.05, 0) is 13.3 Å². The average molecular weight is 181 g/mol. The van der Waals surface area contributed by atoms with Crippen LogP contribution in [-0.4, -0.2) is 11.5 Å². The largest absolute Gasteiger partial charge is 0.246 e. The first-order valence-electron chi connectivity index (χ1n) is 2.51. The van der Waals surface area contributed by atoms with Gasteiger partial charge in [0.15, 0.2) is 0 Å². The van der Waals surface area contributed by atoms with E-state index in [-0.39, 0.29) is 0 Å². The zero-order chi connectivity index (χ0) is 6.57. The summed E-state index contributed by atoms with van der Waals surface area (Å²) in [5.74, 6) is 0. The number of hydrogen-bond acceptors (Lipinski definition) is 0. The summed E-state index contributed by atoms with van der Waals surface area (Å²) in [5.41, 5.74) is 0.900. The van der Waals surface area contributed by atoms with Crippen molar-refractivity contribution >= 4 is 15.9 Å². The topological polar surface area (TPSA) is 0 Å². The minimum absolute atomic E-state index is 0.417. The molecule has 0 saturated carbocycles. The Balaban J connectivity index is 3.24. The summed E-state index contributed by atoms with van der Waals surface area (Å²) in [6.45, 7) is 5.41. The molecule has 0 aromatic rings. The summed E-state index contributed by atoms with van der Waals surface area (Å²) < 4.78 is 12.3. The summed E-state index contributed by atoms with van der Waals surface area (Å²) in [7, 11) is 0. The fourth-order valence-corrected chi connectivity index (χ4v) is 0.662. The van der Waals surface area contributed by atoms with Crippen molar-refractivity contribution in [3.63, 3.8) is 0 Å². The van der Waals surface area contributed by atoms with Crippen LogP contribution in [0.5, 0.6) is 0 Å². The minimum Gasteiger partial charge on any atom is -0.246 e. The van der Waals surface area contributed by atoms with Crippen LogP contribution in [0.25, 0.3) is 0 Å². The lowest BCUT2D eigenvalue weighted by Crippen LogP contribution is -2.00. The van der Waals surface area contributed by atoms with Crippen molar-refractivity contribution < 1.29 is 4.39 Å². The van der Waals surface area contributed by atoms with E-state index < -0.39 is 6.17 Å². The standard InChI is InChI=1S/C6H10BrF/c1-5(2)3-6(8)4-7/h6H,1,3-4H2,2H3/t6-/m0/s1. The van der Waals surface area contributed by atoms with E-state index in [1.54, 1.807) is 0 Å². The van der Waals surface area contributed by atoms with Gasteiger partial charge in [-0.15, -0.1) is 6.58 Å². The number of hydrogen-bond donors (Lipinski definition) is 0. The molecule has 0 aliphatic heterocycles. The first-order valence-corrected chi connectivity index (χ1v) is 3.63. The van der Waals surface area contributed by atoms with Crippen molar-refractivity contribution in [1.29, 1.82) is 0 Å². The van der Waals surface area contributed by atoms with Crippen LogP contribution in [0.1, 0.15) is 13.3 Å². The van der Waals surface area contributed by atoms with Gasteiger partial charge in [0, 0.05) is 5.33 Å². The second kappa shape index (κ2) is 4.07. The SMILES string of the molecule is C=C(C)C[C@H](F)CBr. The lowest BCUT2D eigenvalue weighted by molar-refractivity contribution is 0.368. The van der Waals surface area contributed by atoms with Gasteiger partial charge < -0.3 is 0 Å². The number of alkyl halides is 2. The van der Waals surface area contributed by atoms with E-state index in [0.29, 0.717) is 11.8 Å². The molecule has 0 aliphatic rings. The van der Waals surface area contributed by atoms with Gasteiger partial charge in [-0.1, -0.05) is 21.5 Å². The molecule has 2 heteroatoms. The molecule has 0 saturated heterocycles. The molecule has 0 N–H and O–H groups in total. The van der Waals surface area contributed by atoms with Crippen LogP contribution in [0.3, 0.4) is 0 Å². The molecule has 0 nitrogen and oxygen atoms in total. The maximum Gasteiger partial charge on any atom is 0.113 e. The second-order valence-electron chi connectivity index (χ2n) is 1.91. The molecular formula is C6H10BrF. The first-order chi connectivity index (χ1) is 3.66. The molecule has 48 valence electrons. The Hall–Kier alpha value is 0.150. The average Bonchev–Trinajstić information content (AvgIpc) is 1.65. The summed E-state index contributed by atoms with van der Waals surface area (Å²) >= 11 is 3.03. The Labute approximate surface area is 57.9 Å². The maximum atomic E-state index is 12.3. The Kier molecular flexibility index (Phi) is 4.15. The molecule has 0 amide bonds. The van der Waals surface area contributed by atoms with Crippen molar-refractivity contribution in [2.45, 2.75) is 19.5 Å². The Bertz CT molecular complexity index is 80.6. The normalized spacial score (nSPS) is 13.4.